The molecule has 2 aromatic heterocycles. The summed E-state index contributed by atoms with van der Waals surface area (Å²) in [6.45, 7) is 2.43. The normalized spacial score (nSPS) is 10.4. The van der Waals surface area contributed by atoms with Crippen LogP contribution < -0.4 is 4.90 Å². The maximum atomic E-state index is 12.4. The van der Waals surface area contributed by atoms with Crippen molar-refractivity contribution in [2.45, 2.75) is 19.8 Å². The van der Waals surface area contributed by atoms with Gasteiger partial charge in [0.1, 0.15) is 11.6 Å². The number of amides is 1. The van der Waals surface area contributed by atoms with Crippen LogP contribution in [-0.2, 0) is 11.8 Å². The van der Waals surface area contributed by atoms with Gasteiger partial charge in [-0.1, -0.05) is 29.3 Å². The maximum absolute atomic E-state index is 12.4. The fourth-order valence-electron chi connectivity index (χ4n) is 1.77. The second-order valence-corrected chi connectivity index (χ2v) is 5.36. The topological polar surface area (TPSA) is 60.2 Å². The first kappa shape index (κ1) is 15.5. The van der Waals surface area contributed by atoms with E-state index in [0.29, 0.717) is 18.2 Å². The molecule has 1 amide bonds. The van der Waals surface area contributed by atoms with E-state index in [9.17, 15) is 4.79 Å². The molecule has 0 aliphatic carbocycles. The molecule has 2 rings (SSSR count). The van der Waals surface area contributed by atoms with Crippen molar-refractivity contribution in [3.63, 3.8) is 0 Å². The lowest BCUT2D eigenvalue weighted by Gasteiger charge is -2.21. The third-order valence-corrected chi connectivity index (χ3v) is 3.36. The van der Waals surface area contributed by atoms with Crippen molar-refractivity contribution in [3.8, 4) is 0 Å². The molecule has 0 N–H and O–H groups in total. The number of nitrogens with zero attached hydrogens (tertiary/aromatic N) is 4. The predicted molar refractivity (Wildman–Crippen MR) is 83.5 cm³/mol. The molecule has 0 saturated heterocycles. The highest BCUT2D eigenvalue weighted by atomic mass is 79.9. The standard InChI is InChI=1S/C14H17BrN4O2/c1-3-4-9-21-14(20)19(13-6-8-17-18(13)2)12-10-11(15)5-7-16-12/h5-8,10H,3-4,9H2,1-2H3. The predicted octanol–water partition coefficient (Wildman–Crippen LogP) is 3.65. The lowest BCUT2D eigenvalue weighted by Crippen LogP contribution is -2.29. The van der Waals surface area contributed by atoms with E-state index >= 15 is 0 Å². The first-order chi connectivity index (χ1) is 10.1. The van der Waals surface area contributed by atoms with Crippen LogP contribution in [-0.4, -0.2) is 27.5 Å². The summed E-state index contributed by atoms with van der Waals surface area (Å²) < 4.78 is 7.74. The molecule has 0 aliphatic heterocycles. The van der Waals surface area contributed by atoms with Gasteiger partial charge in [0.25, 0.3) is 0 Å². The smallest absolute Gasteiger partial charge is 0.421 e. The molecule has 21 heavy (non-hydrogen) atoms. The van der Waals surface area contributed by atoms with Crippen LogP contribution in [0, 0.1) is 0 Å². The minimum atomic E-state index is -0.461. The van der Waals surface area contributed by atoms with Crippen LogP contribution in [0.5, 0.6) is 0 Å². The maximum Gasteiger partial charge on any atom is 0.421 e. The Bertz CT molecular complexity index is 615. The van der Waals surface area contributed by atoms with Gasteiger partial charge in [0.05, 0.1) is 12.8 Å². The number of ether oxygens (including phenoxy) is 1. The second-order valence-electron chi connectivity index (χ2n) is 4.45. The summed E-state index contributed by atoms with van der Waals surface area (Å²) in [7, 11) is 1.76. The molecular weight excluding hydrogens is 336 g/mol. The second kappa shape index (κ2) is 7.21. The van der Waals surface area contributed by atoms with Crippen LogP contribution in [0.1, 0.15) is 19.8 Å². The molecule has 0 spiro atoms. The molecule has 0 fully saturated rings. The average Bonchev–Trinajstić information content (AvgIpc) is 2.86. The number of hydrogen-bond donors (Lipinski definition) is 0. The molecule has 7 heteroatoms. The Morgan fingerprint density at radius 2 is 2.24 bits per heavy atom. The zero-order valence-corrected chi connectivity index (χ0v) is 13.6. The van der Waals surface area contributed by atoms with Crippen molar-refractivity contribution < 1.29 is 9.53 Å². The molecule has 2 heterocycles. The molecule has 0 bridgehead atoms. The van der Waals surface area contributed by atoms with Gasteiger partial charge in [-0.25, -0.2) is 14.7 Å². The lowest BCUT2D eigenvalue weighted by atomic mass is 10.4. The molecule has 0 aromatic carbocycles. The zero-order chi connectivity index (χ0) is 15.2. The summed E-state index contributed by atoms with van der Waals surface area (Å²) in [4.78, 5) is 18.0. The summed E-state index contributed by atoms with van der Waals surface area (Å²) in [6, 6.07) is 5.30. The van der Waals surface area contributed by atoms with Crippen molar-refractivity contribution in [1.82, 2.24) is 14.8 Å². The van der Waals surface area contributed by atoms with Gasteiger partial charge in [-0.05, 0) is 18.6 Å². The van der Waals surface area contributed by atoms with Crippen LogP contribution >= 0.6 is 15.9 Å². The number of hydrogen-bond acceptors (Lipinski definition) is 4. The quantitative estimate of drug-likeness (QED) is 0.770. The average molecular weight is 353 g/mol. The Morgan fingerprint density at radius 1 is 1.43 bits per heavy atom. The van der Waals surface area contributed by atoms with Crippen molar-refractivity contribution in [1.29, 1.82) is 0 Å². The van der Waals surface area contributed by atoms with Gasteiger partial charge in [-0.3, -0.25) is 4.68 Å². The van der Waals surface area contributed by atoms with E-state index in [1.807, 2.05) is 6.92 Å². The number of rotatable bonds is 5. The highest BCUT2D eigenvalue weighted by Gasteiger charge is 2.23. The Balaban J connectivity index is 2.31. The van der Waals surface area contributed by atoms with E-state index < -0.39 is 6.09 Å². The van der Waals surface area contributed by atoms with Gasteiger partial charge in [0.15, 0.2) is 0 Å². The van der Waals surface area contributed by atoms with Gasteiger partial charge in [0.2, 0.25) is 0 Å². The number of halogens is 1. The van der Waals surface area contributed by atoms with Crippen molar-refractivity contribution in [2.24, 2.45) is 7.05 Å². The SMILES string of the molecule is CCCCOC(=O)N(c1cc(Br)ccn1)c1ccnn1C. The first-order valence-corrected chi connectivity index (χ1v) is 7.49. The molecule has 2 aromatic rings. The van der Waals surface area contributed by atoms with E-state index in [2.05, 4.69) is 26.0 Å². The van der Waals surface area contributed by atoms with Gasteiger partial charge in [-0.2, -0.15) is 5.10 Å². The Labute approximate surface area is 131 Å². The number of carbonyl (C=O) groups is 1. The van der Waals surface area contributed by atoms with Crippen molar-refractivity contribution in [3.05, 3.63) is 35.1 Å². The third kappa shape index (κ3) is 3.81. The van der Waals surface area contributed by atoms with E-state index in [0.717, 1.165) is 17.3 Å². The molecule has 0 radical (unpaired) electrons. The zero-order valence-electron chi connectivity index (χ0n) is 12.0. The molecule has 0 aliphatic rings. The minimum absolute atomic E-state index is 0.387. The number of unbranched alkanes of at least 4 members (excludes halogenated alkanes) is 1. The minimum Gasteiger partial charge on any atom is -0.449 e. The molecule has 0 saturated carbocycles. The third-order valence-electron chi connectivity index (χ3n) is 2.87. The van der Waals surface area contributed by atoms with E-state index in [1.165, 1.54) is 4.90 Å². The fraction of sp³-hybridized carbons (Fsp3) is 0.357. The Kier molecular flexibility index (Phi) is 5.32. The first-order valence-electron chi connectivity index (χ1n) is 6.70. The Morgan fingerprint density at radius 3 is 2.86 bits per heavy atom. The van der Waals surface area contributed by atoms with E-state index in [4.69, 9.17) is 4.74 Å². The van der Waals surface area contributed by atoms with Crippen molar-refractivity contribution in [2.75, 3.05) is 11.5 Å². The van der Waals surface area contributed by atoms with Crippen LogP contribution in [0.2, 0.25) is 0 Å². The lowest BCUT2D eigenvalue weighted by molar-refractivity contribution is 0.154. The highest BCUT2D eigenvalue weighted by Crippen LogP contribution is 2.26. The number of pyridine rings is 1. The van der Waals surface area contributed by atoms with Crippen LogP contribution in [0.3, 0.4) is 0 Å². The van der Waals surface area contributed by atoms with Gasteiger partial charge in [0, 0.05) is 23.8 Å². The summed E-state index contributed by atoms with van der Waals surface area (Å²) in [5, 5.41) is 4.09. The van der Waals surface area contributed by atoms with Gasteiger partial charge >= 0.3 is 6.09 Å². The van der Waals surface area contributed by atoms with Crippen molar-refractivity contribution >= 4 is 33.7 Å². The number of aromatic nitrogens is 3. The summed E-state index contributed by atoms with van der Waals surface area (Å²) in [5.41, 5.74) is 0. The van der Waals surface area contributed by atoms with Gasteiger partial charge < -0.3 is 4.74 Å². The summed E-state index contributed by atoms with van der Waals surface area (Å²) >= 11 is 3.38. The summed E-state index contributed by atoms with van der Waals surface area (Å²) in [5.74, 6) is 1.08. The monoisotopic (exact) mass is 352 g/mol. The van der Waals surface area contributed by atoms with Gasteiger partial charge in [-0.15, -0.1) is 0 Å². The Hall–Kier alpha value is -1.89. The van der Waals surface area contributed by atoms with Crippen LogP contribution in [0.25, 0.3) is 0 Å². The van der Waals surface area contributed by atoms with E-state index in [-0.39, 0.29) is 0 Å². The molecule has 6 nitrogen and oxygen atoms in total. The number of carbonyl (C=O) groups excluding carboxylic acids is 1. The molecule has 0 unspecified atom stereocenters. The molecule has 0 atom stereocenters. The van der Waals surface area contributed by atoms with Crippen LogP contribution in [0.4, 0.5) is 16.4 Å². The summed E-state index contributed by atoms with van der Waals surface area (Å²) in [6.07, 6.45) is 4.59. The fourth-order valence-corrected chi connectivity index (χ4v) is 2.10. The molecule has 112 valence electrons. The van der Waals surface area contributed by atoms with E-state index in [1.54, 1.807) is 42.3 Å². The molecular formula is C14H17BrN4O2. The van der Waals surface area contributed by atoms with Crippen LogP contribution in [0.15, 0.2) is 35.1 Å². The number of aryl methyl sites for hydroxylation is 1. The largest absolute Gasteiger partial charge is 0.449 e. The number of anilines is 2. The highest BCUT2D eigenvalue weighted by molar-refractivity contribution is 9.10.